The van der Waals surface area contributed by atoms with Crippen LogP contribution in [0, 0.1) is 0 Å². The van der Waals surface area contributed by atoms with Gasteiger partial charge in [0.25, 0.3) is 0 Å². The Morgan fingerprint density at radius 3 is 0.988 bits per heavy atom. The molecule has 0 fully saturated rings. The van der Waals surface area contributed by atoms with Crippen LogP contribution in [0.1, 0.15) is 399 Å². The average molecular weight is 1120 g/mol. The van der Waals surface area contributed by atoms with Crippen molar-refractivity contribution in [2.75, 3.05) is 13.2 Å². The highest BCUT2D eigenvalue weighted by Gasteiger charge is 2.20. The number of hydrogen-bond donors (Lipinski definition) is 3. The Labute approximate surface area is 500 Å². The summed E-state index contributed by atoms with van der Waals surface area (Å²) in [6, 6.07) is -0.541. The van der Waals surface area contributed by atoms with Crippen molar-refractivity contribution in [3.05, 3.63) is 36.5 Å². The number of carbonyl (C=O) groups excluding carboxylic acids is 2. The smallest absolute Gasteiger partial charge is 0.305 e. The van der Waals surface area contributed by atoms with Crippen LogP contribution in [0.25, 0.3) is 0 Å². The van der Waals surface area contributed by atoms with Crippen LogP contribution >= 0.6 is 0 Å². The van der Waals surface area contributed by atoms with Gasteiger partial charge >= 0.3 is 5.97 Å². The fraction of sp³-hybridized carbons (Fsp3) is 0.892. The number of rotatable bonds is 68. The minimum absolute atomic E-state index is 0.00923. The summed E-state index contributed by atoms with van der Waals surface area (Å²) in [6.45, 7) is 4.96. The second kappa shape index (κ2) is 69.6. The molecule has 0 aromatic carbocycles. The third-order valence-corrected chi connectivity index (χ3v) is 16.9. The topological polar surface area (TPSA) is 95.9 Å². The molecule has 0 aliphatic heterocycles. The number of aliphatic hydroxyl groups excluding tert-OH is 2. The first kappa shape index (κ1) is 78.1. The summed E-state index contributed by atoms with van der Waals surface area (Å²) in [5.41, 5.74) is 0. The molecule has 6 heteroatoms. The highest BCUT2D eigenvalue weighted by atomic mass is 16.5. The number of aliphatic hydroxyl groups is 2. The number of hydrogen-bond acceptors (Lipinski definition) is 5. The van der Waals surface area contributed by atoms with Crippen molar-refractivity contribution >= 4 is 11.9 Å². The molecule has 80 heavy (non-hydrogen) atoms. The van der Waals surface area contributed by atoms with Crippen molar-refractivity contribution < 1.29 is 24.5 Å². The van der Waals surface area contributed by atoms with Gasteiger partial charge in [0.15, 0.2) is 0 Å². The summed E-state index contributed by atoms with van der Waals surface area (Å²) in [5, 5.41) is 23.4. The van der Waals surface area contributed by atoms with Crippen molar-refractivity contribution in [1.29, 1.82) is 0 Å². The number of ether oxygens (including phenoxy) is 1. The Bertz CT molecular complexity index is 1300. The molecule has 0 saturated heterocycles. The summed E-state index contributed by atoms with van der Waals surface area (Å²) in [4.78, 5) is 24.6. The van der Waals surface area contributed by atoms with Gasteiger partial charge in [-0.25, -0.2) is 0 Å². The summed E-state index contributed by atoms with van der Waals surface area (Å²) < 4.78 is 5.50. The predicted molar refractivity (Wildman–Crippen MR) is 352 cm³/mol. The highest BCUT2D eigenvalue weighted by Crippen LogP contribution is 2.19. The number of unbranched alkanes of at least 4 members (excludes halogenated alkanes) is 51. The fourth-order valence-corrected chi connectivity index (χ4v) is 11.4. The second-order valence-corrected chi connectivity index (χ2v) is 24.9. The van der Waals surface area contributed by atoms with E-state index in [1.165, 1.54) is 315 Å². The van der Waals surface area contributed by atoms with Crippen LogP contribution in [0.2, 0.25) is 0 Å². The van der Waals surface area contributed by atoms with E-state index < -0.39 is 12.1 Å². The molecule has 0 radical (unpaired) electrons. The van der Waals surface area contributed by atoms with Gasteiger partial charge in [-0.2, -0.15) is 0 Å². The number of allylic oxidation sites excluding steroid dienone is 6. The Morgan fingerprint density at radius 1 is 0.350 bits per heavy atom. The summed E-state index contributed by atoms with van der Waals surface area (Å²) in [7, 11) is 0. The van der Waals surface area contributed by atoms with Crippen LogP contribution in [0.4, 0.5) is 0 Å². The molecule has 0 heterocycles. The van der Waals surface area contributed by atoms with Crippen molar-refractivity contribution in [2.24, 2.45) is 0 Å². The predicted octanol–water partition coefficient (Wildman–Crippen LogP) is 23.5. The monoisotopic (exact) mass is 1120 g/mol. The quantitative estimate of drug-likeness (QED) is 0.0320. The zero-order chi connectivity index (χ0) is 57.8. The average Bonchev–Trinajstić information content (AvgIpc) is 3.46. The van der Waals surface area contributed by atoms with Gasteiger partial charge in [-0.1, -0.05) is 339 Å². The van der Waals surface area contributed by atoms with Gasteiger partial charge in [-0.15, -0.1) is 0 Å². The molecular weight excluding hydrogens is 983 g/mol. The van der Waals surface area contributed by atoms with E-state index in [1.54, 1.807) is 0 Å². The number of nitrogens with one attached hydrogen (secondary N) is 1. The van der Waals surface area contributed by atoms with Gasteiger partial charge in [0, 0.05) is 12.8 Å². The third kappa shape index (κ3) is 65.2. The molecule has 2 atom stereocenters. The first-order chi connectivity index (χ1) is 39.5. The molecule has 472 valence electrons. The maximum atomic E-state index is 12.5. The SMILES string of the molecule is CCCCC/C=C\C/C=C\CCCCCCCCCC(=O)OCCCCCCCCCCCCCC/C=C\CCCCCCCCCCCCCCCC(=O)NC(CO)C(O)CCCCCCCCCCCCCCCCCCC. The molecule has 0 spiro atoms. The van der Waals surface area contributed by atoms with Crippen LogP contribution in [0.5, 0.6) is 0 Å². The van der Waals surface area contributed by atoms with Gasteiger partial charge in [-0.05, 0) is 83.5 Å². The van der Waals surface area contributed by atoms with E-state index in [0.717, 1.165) is 51.4 Å². The normalized spacial score (nSPS) is 12.7. The van der Waals surface area contributed by atoms with E-state index in [9.17, 15) is 19.8 Å². The van der Waals surface area contributed by atoms with Crippen molar-refractivity contribution in [3.63, 3.8) is 0 Å². The van der Waals surface area contributed by atoms with E-state index in [0.29, 0.717) is 25.9 Å². The van der Waals surface area contributed by atoms with Crippen LogP contribution in [-0.4, -0.2) is 47.4 Å². The van der Waals surface area contributed by atoms with Gasteiger partial charge in [-0.3, -0.25) is 9.59 Å². The fourth-order valence-electron chi connectivity index (χ4n) is 11.4. The van der Waals surface area contributed by atoms with Crippen LogP contribution < -0.4 is 5.32 Å². The lowest BCUT2D eigenvalue weighted by Gasteiger charge is -2.22. The Kier molecular flexibility index (Phi) is 67.9. The molecule has 0 aromatic rings. The van der Waals surface area contributed by atoms with Crippen molar-refractivity contribution in [3.8, 4) is 0 Å². The van der Waals surface area contributed by atoms with E-state index in [1.807, 2.05) is 0 Å². The maximum absolute atomic E-state index is 12.5. The Hall–Kier alpha value is -1.92. The zero-order valence-electron chi connectivity index (χ0n) is 54.1. The van der Waals surface area contributed by atoms with Crippen molar-refractivity contribution in [2.45, 2.75) is 411 Å². The lowest BCUT2D eigenvalue weighted by molar-refractivity contribution is -0.143. The summed E-state index contributed by atoms with van der Waals surface area (Å²) >= 11 is 0. The highest BCUT2D eigenvalue weighted by molar-refractivity contribution is 5.76. The number of esters is 1. The lowest BCUT2D eigenvalue weighted by atomic mass is 10.0. The molecule has 0 rings (SSSR count). The molecule has 0 bridgehead atoms. The second-order valence-electron chi connectivity index (χ2n) is 24.9. The first-order valence-electron chi connectivity index (χ1n) is 36.2. The standard InChI is InChI=1S/C74H141NO5/c1-3-5-7-9-11-13-15-17-19-34-38-42-46-50-54-58-62-66-72(77)71(70-76)75-73(78)67-63-59-55-51-47-43-39-36-32-30-28-26-24-22-21-23-25-27-29-31-33-37-41-45-49-53-57-61-65-69-80-74(79)68-64-60-56-52-48-44-40-35-20-18-16-14-12-10-8-6-4-2/h12,14,18,20-21,23,71-72,76-77H,3-11,13,15-17,19,22,24-70H2,1-2H3,(H,75,78)/b14-12-,20-18-,23-21-. The minimum Gasteiger partial charge on any atom is -0.466 e. The van der Waals surface area contributed by atoms with E-state index in [2.05, 4.69) is 55.6 Å². The lowest BCUT2D eigenvalue weighted by Crippen LogP contribution is -2.45. The van der Waals surface area contributed by atoms with E-state index in [4.69, 9.17) is 4.74 Å². The molecule has 1 amide bonds. The van der Waals surface area contributed by atoms with Crippen LogP contribution in [0.3, 0.4) is 0 Å². The Morgan fingerprint density at radius 2 is 0.625 bits per heavy atom. The van der Waals surface area contributed by atoms with E-state index in [-0.39, 0.29) is 18.5 Å². The zero-order valence-corrected chi connectivity index (χ0v) is 54.1. The summed E-state index contributed by atoms with van der Waals surface area (Å²) in [5.74, 6) is -0.0217. The molecule has 3 N–H and O–H groups in total. The minimum atomic E-state index is -0.664. The van der Waals surface area contributed by atoms with E-state index >= 15 is 0 Å². The summed E-state index contributed by atoms with van der Waals surface area (Å²) in [6.07, 6.45) is 89.1. The molecule has 0 saturated carbocycles. The largest absolute Gasteiger partial charge is 0.466 e. The molecule has 6 nitrogen and oxygen atoms in total. The maximum Gasteiger partial charge on any atom is 0.305 e. The number of carbonyl (C=O) groups is 2. The van der Waals surface area contributed by atoms with Gasteiger partial charge < -0.3 is 20.3 Å². The molecule has 0 aliphatic carbocycles. The first-order valence-corrected chi connectivity index (χ1v) is 36.2. The van der Waals surface area contributed by atoms with Crippen LogP contribution in [-0.2, 0) is 14.3 Å². The molecule has 0 aromatic heterocycles. The van der Waals surface area contributed by atoms with Gasteiger partial charge in [0.1, 0.15) is 0 Å². The van der Waals surface area contributed by atoms with Gasteiger partial charge in [0.2, 0.25) is 5.91 Å². The number of amides is 1. The molecule has 2 unspecified atom stereocenters. The van der Waals surface area contributed by atoms with Crippen molar-refractivity contribution in [1.82, 2.24) is 5.32 Å². The van der Waals surface area contributed by atoms with Crippen LogP contribution in [0.15, 0.2) is 36.5 Å². The Balaban J connectivity index is 3.37. The third-order valence-electron chi connectivity index (χ3n) is 16.9. The molecule has 0 aliphatic rings. The molecular formula is C74H141NO5. The van der Waals surface area contributed by atoms with Gasteiger partial charge in [0.05, 0.1) is 25.4 Å².